The van der Waals surface area contributed by atoms with Gasteiger partial charge in [-0.15, -0.1) is 0 Å². The minimum Gasteiger partial charge on any atom is -0.361 e. The number of nitriles is 1. The monoisotopic (exact) mass is 446 g/mol. The van der Waals surface area contributed by atoms with Gasteiger partial charge in [0.05, 0.1) is 17.2 Å². The Morgan fingerprint density at radius 2 is 2.09 bits per heavy atom. The fraction of sp³-hybridized carbons (Fsp3) is 0.350. The molecule has 4 rings (SSSR count). The van der Waals surface area contributed by atoms with Gasteiger partial charge in [-0.3, -0.25) is 15.6 Å². The molecule has 1 fully saturated rings. The number of nitrogens with two attached hydrogens (primary N) is 1. The van der Waals surface area contributed by atoms with Crippen LogP contribution in [0.2, 0.25) is 0 Å². The third-order valence-electron chi connectivity index (χ3n) is 5.46. The van der Waals surface area contributed by atoms with E-state index in [0.29, 0.717) is 24.5 Å². The van der Waals surface area contributed by atoms with Crippen molar-refractivity contribution in [3.63, 3.8) is 0 Å². The number of likely N-dealkylation sites (tertiary alicyclic amines) is 1. The summed E-state index contributed by atoms with van der Waals surface area (Å²) in [7, 11) is 1.46. The normalized spacial score (nSPS) is 16.7. The Morgan fingerprint density at radius 3 is 2.75 bits per heavy atom. The van der Waals surface area contributed by atoms with Crippen LogP contribution in [0.1, 0.15) is 29.7 Å². The van der Waals surface area contributed by atoms with Crippen LogP contribution in [-0.4, -0.2) is 33.8 Å². The number of benzene rings is 1. The molecule has 0 unspecified atom stereocenters. The van der Waals surface area contributed by atoms with Crippen LogP contribution in [0.15, 0.2) is 28.8 Å². The zero-order valence-corrected chi connectivity index (χ0v) is 17.3. The van der Waals surface area contributed by atoms with E-state index in [2.05, 4.69) is 21.3 Å². The molecule has 2 aromatic rings. The highest BCUT2D eigenvalue weighted by Crippen LogP contribution is 2.34. The highest BCUT2D eigenvalue weighted by Gasteiger charge is 2.36. The number of rotatable bonds is 5. The summed E-state index contributed by atoms with van der Waals surface area (Å²) < 4.78 is 43.6. The Hall–Kier alpha value is -3.72. The van der Waals surface area contributed by atoms with Crippen molar-refractivity contribution in [1.82, 2.24) is 20.1 Å². The molecule has 0 radical (unpaired) electrons. The quantitative estimate of drug-likeness (QED) is 0.546. The number of halogens is 3. The number of anilines is 2. The molecule has 1 atom stereocenters. The molecule has 1 saturated heterocycles. The number of nitrogens with zero attached hydrogens (tertiary/aromatic N) is 4. The summed E-state index contributed by atoms with van der Waals surface area (Å²) in [5.41, 5.74) is 10.9. The summed E-state index contributed by atoms with van der Waals surface area (Å²) in [5.74, 6) is -4.20. The number of hydrazine groups is 1. The van der Waals surface area contributed by atoms with Crippen molar-refractivity contribution < 1.29 is 13.2 Å². The van der Waals surface area contributed by atoms with Crippen molar-refractivity contribution in [3.05, 3.63) is 56.9 Å². The number of aromatic nitrogens is 2. The average molecular weight is 446 g/mol. The molecule has 5 N–H and O–H groups in total. The van der Waals surface area contributed by atoms with Gasteiger partial charge in [0, 0.05) is 31.7 Å². The molecular weight excluding hydrogens is 425 g/mol. The van der Waals surface area contributed by atoms with Gasteiger partial charge in [0.1, 0.15) is 23.4 Å². The lowest BCUT2D eigenvalue weighted by Crippen LogP contribution is -2.57. The second-order valence-electron chi connectivity index (χ2n) is 7.77. The van der Waals surface area contributed by atoms with Crippen LogP contribution in [0.5, 0.6) is 0 Å². The summed E-state index contributed by atoms with van der Waals surface area (Å²) in [6.07, 6.45) is 1.72. The number of fused-ring (bicyclic) bond motifs is 1. The molecule has 0 saturated carbocycles. The standard InChI is InChI=1S/C20H21F3N8O/c1-10(12-4-3-5-14(16(12)21)20(22,23)9-24)26-18-13-6-15(31-7-11(25)8-31)27-28-17(13)19(32)30(2)29-18/h3-6,10-11,27-28H,7-8,25H2,1-2H3,(H,26,29)/t10-/m1/s1. The second kappa shape index (κ2) is 7.76. The van der Waals surface area contributed by atoms with Gasteiger partial charge < -0.3 is 16.0 Å². The van der Waals surface area contributed by atoms with E-state index in [1.165, 1.54) is 19.2 Å². The van der Waals surface area contributed by atoms with Crippen molar-refractivity contribution in [2.45, 2.75) is 24.9 Å². The maximum Gasteiger partial charge on any atom is 0.360 e. The van der Waals surface area contributed by atoms with Crippen molar-refractivity contribution in [2.24, 2.45) is 12.8 Å². The SMILES string of the molecule is C[C@@H](Nc1nn(C)c(=O)c2c1C=C(N1CC(N)C1)NN2)c1cccc(C(F)(F)C#N)c1F. The molecule has 0 spiro atoms. The first-order valence-corrected chi connectivity index (χ1v) is 9.82. The number of hydrogen-bond acceptors (Lipinski definition) is 8. The molecule has 0 amide bonds. The van der Waals surface area contributed by atoms with Crippen LogP contribution in [-0.2, 0) is 13.0 Å². The topological polar surface area (TPSA) is 124 Å². The minimum atomic E-state index is -3.96. The molecular formula is C20H21F3N8O. The van der Waals surface area contributed by atoms with Crippen molar-refractivity contribution in [3.8, 4) is 6.07 Å². The molecule has 2 aliphatic heterocycles. The van der Waals surface area contributed by atoms with E-state index < -0.39 is 23.3 Å². The lowest BCUT2D eigenvalue weighted by atomic mass is 10.0. The van der Waals surface area contributed by atoms with Gasteiger partial charge in [-0.05, 0) is 19.1 Å². The van der Waals surface area contributed by atoms with E-state index in [-0.39, 0.29) is 28.7 Å². The van der Waals surface area contributed by atoms with Crippen LogP contribution in [0.25, 0.3) is 6.08 Å². The molecule has 1 aromatic carbocycles. The molecule has 32 heavy (non-hydrogen) atoms. The lowest BCUT2D eigenvalue weighted by molar-refractivity contribution is 0.0569. The molecule has 12 heteroatoms. The van der Waals surface area contributed by atoms with Crippen molar-refractivity contribution in [1.29, 1.82) is 5.26 Å². The van der Waals surface area contributed by atoms with Crippen LogP contribution in [0, 0.1) is 17.1 Å². The number of hydrogen-bond donors (Lipinski definition) is 4. The number of nitrogens with one attached hydrogen (secondary N) is 3. The summed E-state index contributed by atoms with van der Waals surface area (Å²) in [6.45, 7) is 2.84. The fourth-order valence-corrected chi connectivity index (χ4v) is 3.66. The van der Waals surface area contributed by atoms with E-state index in [0.717, 1.165) is 16.8 Å². The van der Waals surface area contributed by atoms with Gasteiger partial charge in [0.15, 0.2) is 5.82 Å². The van der Waals surface area contributed by atoms with Crippen molar-refractivity contribution >= 4 is 17.6 Å². The van der Waals surface area contributed by atoms with E-state index in [1.54, 1.807) is 13.0 Å². The maximum absolute atomic E-state index is 14.8. The van der Waals surface area contributed by atoms with Gasteiger partial charge in [0.25, 0.3) is 5.56 Å². The molecule has 3 heterocycles. The van der Waals surface area contributed by atoms with Crippen LogP contribution in [0.4, 0.5) is 24.7 Å². The summed E-state index contributed by atoms with van der Waals surface area (Å²) in [5, 5.41) is 15.9. The third-order valence-corrected chi connectivity index (χ3v) is 5.46. The summed E-state index contributed by atoms with van der Waals surface area (Å²) >= 11 is 0. The summed E-state index contributed by atoms with van der Waals surface area (Å²) in [6, 6.07) is 3.56. The van der Waals surface area contributed by atoms with Gasteiger partial charge in [-0.25, -0.2) is 9.07 Å². The lowest BCUT2D eigenvalue weighted by Gasteiger charge is -2.41. The molecule has 1 aromatic heterocycles. The second-order valence-corrected chi connectivity index (χ2v) is 7.77. The smallest absolute Gasteiger partial charge is 0.360 e. The molecule has 2 aliphatic rings. The molecule has 0 bridgehead atoms. The number of alkyl halides is 2. The third kappa shape index (κ3) is 3.60. The highest BCUT2D eigenvalue weighted by atomic mass is 19.3. The van der Waals surface area contributed by atoms with E-state index in [1.807, 2.05) is 4.90 Å². The average Bonchev–Trinajstić information content (AvgIpc) is 2.74. The Morgan fingerprint density at radius 1 is 1.38 bits per heavy atom. The first-order valence-electron chi connectivity index (χ1n) is 9.82. The zero-order valence-electron chi connectivity index (χ0n) is 17.3. The van der Waals surface area contributed by atoms with Gasteiger partial charge in [-0.1, -0.05) is 12.1 Å². The molecule has 0 aliphatic carbocycles. The summed E-state index contributed by atoms with van der Waals surface area (Å²) in [4.78, 5) is 14.5. The zero-order chi connectivity index (χ0) is 23.2. The van der Waals surface area contributed by atoms with Crippen LogP contribution >= 0.6 is 0 Å². The largest absolute Gasteiger partial charge is 0.361 e. The Kier molecular flexibility index (Phi) is 5.21. The predicted molar refractivity (Wildman–Crippen MR) is 112 cm³/mol. The van der Waals surface area contributed by atoms with Gasteiger partial charge in [-0.2, -0.15) is 19.1 Å². The van der Waals surface area contributed by atoms with E-state index in [9.17, 15) is 18.0 Å². The maximum atomic E-state index is 14.8. The van der Waals surface area contributed by atoms with Crippen LogP contribution in [0.3, 0.4) is 0 Å². The van der Waals surface area contributed by atoms with E-state index >= 15 is 0 Å². The Bertz CT molecular complexity index is 1200. The van der Waals surface area contributed by atoms with E-state index in [4.69, 9.17) is 11.0 Å². The molecule has 168 valence electrons. The predicted octanol–water partition coefficient (Wildman–Crippen LogP) is 1.58. The van der Waals surface area contributed by atoms with Gasteiger partial charge in [0.2, 0.25) is 0 Å². The van der Waals surface area contributed by atoms with Crippen LogP contribution < -0.4 is 27.5 Å². The van der Waals surface area contributed by atoms with Crippen molar-refractivity contribution in [2.75, 3.05) is 23.8 Å². The highest BCUT2D eigenvalue weighted by molar-refractivity contribution is 5.78. The minimum absolute atomic E-state index is 0.0558. The Balaban J connectivity index is 1.71. The number of aryl methyl sites for hydroxylation is 1. The first-order chi connectivity index (χ1) is 15.1. The Labute approximate surface area is 181 Å². The first kappa shape index (κ1) is 21.5. The fourth-order valence-electron chi connectivity index (χ4n) is 3.66. The molecule has 9 nitrogen and oxygen atoms in total. The van der Waals surface area contributed by atoms with Gasteiger partial charge >= 0.3 is 5.92 Å².